The number of ether oxygens (including phenoxy) is 2. The third-order valence-electron chi connectivity index (χ3n) is 2.22. The third-order valence-corrected chi connectivity index (χ3v) is 2.50. The van der Waals surface area contributed by atoms with Crippen LogP contribution in [0, 0.1) is 0 Å². The van der Waals surface area contributed by atoms with Crippen molar-refractivity contribution in [2.24, 2.45) is 0 Å². The van der Waals surface area contributed by atoms with Crippen molar-refractivity contribution in [3.63, 3.8) is 0 Å². The molecule has 0 amide bonds. The van der Waals surface area contributed by atoms with E-state index in [9.17, 15) is 13.6 Å². The number of hydrogen-bond donors (Lipinski definition) is 1. The summed E-state index contributed by atoms with van der Waals surface area (Å²) in [5.74, 6) is -4.81. The highest BCUT2D eigenvalue weighted by molar-refractivity contribution is 6.32. The average molecular weight is 265 g/mol. The molecule has 0 unspecified atom stereocenters. The first-order chi connectivity index (χ1) is 7.90. The molecule has 4 nitrogen and oxygen atoms in total. The van der Waals surface area contributed by atoms with Gasteiger partial charge in [0.25, 0.3) is 5.92 Å². The van der Waals surface area contributed by atoms with Crippen LogP contribution in [0.4, 0.5) is 8.78 Å². The molecule has 7 heteroatoms. The van der Waals surface area contributed by atoms with E-state index in [1.165, 1.54) is 0 Å². The van der Waals surface area contributed by atoms with Crippen molar-refractivity contribution in [1.82, 2.24) is 0 Å². The number of halogens is 3. The largest absolute Gasteiger partial charge is 0.481 e. The van der Waals surface area contributed by atoms with Gasteiger partial charge in [-0.25, -0.2) is 8.78 Å². The van der Waals surface area contributed by atoms with Crippen LogP contribution < -0.4 is 9.47 Å². The lowest BCUT2D eigenvalue weighted by Gasteiger charge is -2.15. The van der Waals surface area contributed by atoms with Gasteiger partial charge in [0.05, 0.1) is 5.02 Å². The number of aliphatic carboxylic acids is 1. The minimum Gasteiger partial charge on any atom is -0.481 e. The van der Waals surface area contributed by atoms with E-state index in [1.807, 2.05) is 0 Å². The van der Waals surface area contributed by atoms with Gasteiger partial charge in [-0.3, -0.25) is 4.79 Å². The normalized spacial score (nSPS) is 13.8. The van der Waals surface area contributed by atoms with E-state index in [4.69, 9.17) is 26.2 Å². The first-order valence-corrected chi connectivity index (χ1v) is 4.97. The highest BCUT2D eigenvalue weighted by atomic mass is 35.5. The average Bonchev–Trinajstić information content (AvgIpc) is 2.63. The molecule has 0 saturated carbocycles. The van der Waals surface area contributed by atoms with Crippen LogP contribution in [0.3, 0.4) is 0 Å². The molecule has 0 bridgehead atoms. The molecule has 0 saturated heterocycles. The minimum absolute atomic E-state index is 0.0277. The van der Waals surface area contributed by atoms with Gasteiger partial charge in [-0.15, -0.1) is 0 Å². The number of benzene rings is 1. The number of carboxylic acids is 1. The first kappa shape index (κ1) is 11.9. The second kappa shape index (κ2) is 4.03. The monoisotopic (exact) mass is 264 g/mol. The van der Waals surface area contributed by atoms with Crippen molar-refractivity contribution in [2.45, 2.75) is 12.3 Å². The van der Waals surface area contributed by atoms with Crippen LogP contribution >= 0.6 is 11.6 Å². The Balaban J connectivity index is 2.40. The van der Waals surface area contributed by atoms with Crippen molar-refractivity contribution < 1.29 is 28.2 Å². The summed E-state index contributed by atoms with van der Waals surface area (Å²) in [4.78, 5) is 10.3. The Morgan fingerprint density at radius 3 is 2.82 bits per heavy atom. The summed E-state index contributed by atoms with van der Waals surface area (Å²) in [6.07, 6.45) is -1.30. The van der Waals surface area contributed by atoms with Crippen LogP contribution in [-0.2, 0) is 10.7 Å². The fourth-order valence-electron chi connectivity index (χ4n) is 1.47. The van der Waals surface area contributed by atoms with Crippen LogP contribution in [0.2, 0.25) is 5.02 Å². The zero-order valence-corrected chi connectivity index (χ0v) is 9.13. The maximum Gasteiger partial charge on any atom is 0.309 e. The zero-order chi connectivity index (χ0) is 12.6. The van der Waals surface area contributed by atoms with Crippen molar-refractivity contribution in [1.29, 1.82) is 0 Å². The molecule has 1 aromatic carbocycles. The molecule has 0 aromatic heterocycles. The number of hydrogen-bond acceptors (Lipinski definition) is 3. The number of alkyl halides is 2. The summed E-state index contributed by atoms with van der Waals surface area (Å²) in [5.41, 5.74) is -0.505. The molecule has 0 aliphatic carbocycles. The molecular weight excluding hydrogens is 258 g/mol. The fraction of sp³-hybridized carbons (Fsp3) is 0.300. The van der Waals surface area contributed by atoms with E-state index in [1.54, 1.807) is 0 Å². The van der Waals surface area contributed by atoms with E-state index in [0.717, 1.165) is 12.1 Å². The molecule has 1 aliphatic rings. The second-order valence-corrected chi connectivity index (χ2v) is 3.87. The van der Waals surface area contributed by atoms with Crippen LogP contribution in [0.1, 0.15) is 12.0 Å². The van der Waals surface area contributed by atoms with Gasteiger partial charge < -0.3 is 14.6 Å². The SMILES string of the molecule is O=C(O)CC(F)(F)c1cc(Cl)c2c(c1)OCO2. The lowest BCUT2D eigenvalue weighted by atomic mass is 10.0. The van der Waals surface area contributed by atoms with Gasteiger partial charge in [0.15, 0.2) is 11.5 Å². The number of fused-ring (bicyclic) bond motifs is 1. The Bertz CT molecular complexity index is 476. The maximum absolute atomic E-state index is 13.5. The molecule has 17 heavy (non-hydrogen) atoms. The highest BCUT2D eigenvalue weighted by Gasteiger charge is 2.36. The molecular formula is C10H7ClF2O4. The fourth-order valence-corrected chi connectivity index (χ4v) is 1.74. The smallest absolute Gasteiger partial charge is 0.309 e. The van der Waals surface area contributed by atoms with E-state index in [0.29, 0.717) is 0 Å². The van der Waals surface area contributed by atoms with Crippen molar-refractivity contribution in [3.05, 3.63) is 22.7 Å². The van der Waals surface area contributed by atoms with Gasteiger partial charge in [0.2, 0.25) is 6.79 Å². The van der Waals surface area contributed by atoms with Gasteiger partial charge in [0, 0.05) is 5.56 Å². The maximum atomic E-state index is 13.5. The summed E-state index contributed by atoms with van der Waals surface area (Å²) >= 11 is 5.73. The van der Waals surface area contributed by atoms with Gasteiger partial charge in [0.1, 0.15) is 6.42 Å². The zero-order valence-electron chi connectivity index (χ0n) is 8.37. The van der Waals surface area contributed by atoms with E-state index < -0.39 is 23.9 Å². The minimum atomic E-state index is -3.50. The Kier molecular flexibility index (Phi) is 2.82. The molecule has 0 spiro atoms. The van der Waals surface area contributed by atoms with Gasteiger partial charge in [-0.05, 0) is 12.1 Å². The van der Waals surface area contributed by atoms with E-state index in [2.05, 4.69) is 0 Å². The summed E-state index contributed by atoms with van der Waals surface area (Å²) < 4.78 is 36.9. The van der Waals surface area contributed by atoms with Crippen LogP contribution in [0.5, 0.6) is 11.5 Å². The quantitative estimate of drug-likeness (QED) is 0.912. The molecule has 2 rings (SSSR count). The van der Waals surface area contributed by atoms with Crippen LogP contribution in [-0.4, -0.2) is 17.9 Å². The predicted octanol–water partition coefficient (Wildman–Crippen LogP) is 2.64. The summed E-state index contributed by atoms with van der Waals surface area (Å²) in [7, 11) is 0. The molecule has 1 aromatic rings. The van der Waals surface area contributed by atoms with Gasteiger partial charge in [-0.2, -0.15) is 0 Å². The molecule has 1 aliphatic heterocycles. The molecule has 0 radical (unpaired) electrons. The van der Waals surface area contributed by atoms with Gasteiger partial charge >= 0.3 is 5.97 Å². The Morgan fingerprint density at radius 1 is 1.47 bits per heavy atom. The standard InChI is InChI=1S/C10H7ClF2O4/c11-6-1-5(10(12,13)3-8(14)15)2-7-9(6)17-4-16-7/h1-2H,3-4H2,(H,14,15). The van der Waals surface area contributed by atoms with Gasteiger partial charge in [-0.1, -0.05) is 11.6 Å². The van der Waals surface area contributed by atoms with E-state index >= 15 is 0 Å². The lowest BCUT2D eigenvalue weighted by molar-refractivity contribution is -0.145. The van der Waals surface area contributed by atoms with Crippen molar-refractivity contribution in [2.75, 3.05) is 6.79 Å². The predicted molar refractivity (Wildman–Crippen MR) is 53.7 cm³/mol. The van der Waals surface area contributed by atoms with Crippen LogP contribution in [0.15, 0.2) is 12.1 Å². The topological polar surface area (TPSA) is 55.8 Å². The van der Waals surface area contributed by atoms with Crippen LogP contribution in [0.25, 0.3) is 0 Å². The van der Waals surface area contributed by atoms with Crippen molar-refractivity contribution >= 4 is 17.6 Å². The lowest BCUT2D eigenvalue weighted by Crippen LogP contribution is -2.18. The first-order valence-electron chi connectivity index (χ1n) is 4.59. The Hall–Kier alpha value is -1.56. The number of carbonyl (C=O) groups is 1. The number of rotatable bonds is 3. The Morgan fingerprint density at radius 2 is 2.18 bits per heavy atom. The summed E-state index contributed by atoms with van der Waals surface area (Å²) in [6, 6.07) is 2.02. The molecule has 0 fully saturated rings. The highest BCUT2D eigenvalue weighted by Crippen LogP contribution is 2.44. The molecule has 0 atom stereocenters. The third kappa shape index (κ3) is 2.26. The molecule has 1 heterocycles. The summed E-state index contributed by atoms with van der Waals surface area (Å²) in [6.45, 7) is -0.0942. The molecule has 92 valence electrons. The van der Waals surface area contributed by atoms with E-state index in [-0.39, 0.29) is 23.3 Å². The molecule has 1 N–H and O–H groups in total. The Labute approximate surface area is 99.7 Å². The summed E-state index contributed by atoms with van der Waals surface area (Å²) in [5, 5.41) is 8.38. The van der Waals surface area contributed by atoms with Crippen molar-refractivity contribution in [3.8, 4) is 11.5 Å². The second-order valence-electron chi connectivity index (χ2n) is 3.47. The number of carboxylic acid groups (broad SMARTS) is 1.